The van der Waals surface area contributed by atoms with E-state index in [0.717, 1.165) is 40.1 Å². The van der Waals surface area contributed by atoms with Crippen molar-refractivity contribution in [2.45, 2.75) is 25.4 Å². The van der Waals surface area contributed by atoms with E-state index in [1.54, 1.807) is 11.8 Å². The Morgan fingerprint density at radius 2 is 2.05 bits per heavy atom. The Morgan fingerprint density at radius 3 is 2.74 bits per heavy atom. The van der Waals surface area contributed by atoms with E-state index in [1.807, 2.05) is 31.5 Å². The number of rotatable bonds is 5. The van der Waals surface area contributed by atoms with Gasteiger partial charge in [0.1, 0.15) is 0 Å². The lowest BCUT2D eigenvalue weighted by Crippen LogP contribution is -1.98. The van der Waals surface area contributed by atoms with Gasteiger partial charge in [-0.25, -0.2) is 0 Å². The van der Waals surface area contributed by atoms with Gasteiger partial charge in [0, 0.05) is 35.6 Å². The van der Waals surface area contributed by atoms with Crippen LogP contribution in [0.3, 0.4) is 0 Å². The SMILES string of the molecule is Cc1ccc(-c2nnc(SCCCCl)n2C)c(C)n1. The molecule has 0 N–H and O–H groups in total. The Labute approximate surface area is 122 Å². The van der Waals surface area contributed by atoms with Gasteiger partial charge in [0.05, 0.1) is 0 Å². The molecule has 0 unspecified atom stereocenters. The zero-order chi connectivity index (χ0) is 13.8. The molecule has 2 aromatic heterocycles. The number of aryl methyl sites for hydroxylation is 2. The highest BCUT2D eigenvalue weighted by molar-refractivity contribution is 7.99. The molecule has 4 nitrogen and oxygen atoms in total. The van der Waals surface area contributed by atoms with Crippen molar-refractivity contribution in [2.24, 2.45) is 7.05 Å². The van der Waals surface area contributed by atoms with Crippen molar-refractivity contribution < 1.29 is 0 Å². The van der Waals surface area contributed by atoms with Crippen LogP contribution in [-0.4, -0.2) is 31.4 Å². The minimum atomic E-state index is 0.679. The Balaban J connectivity index is 2.26. The summed E-state index contributed by atoms with van der Waals surface area (Å²) >= 11 is 7.36. The summed E-state index contributed by atoms with van der Waals surface area (Å²) in [5.74, 6) is 2.50. The van der Waals surface area contributed by atoms with E-state index >= 15 is 0 Å². The number of pyridine rings is 1. The first kappa shape index (κ1) is 14.3. The Kier molecular flexibility index (Phi) is 4.82. The van der Waals surface area contributed by atoms with Crippen LogP contribution in [0, 0.1) is 13.8 Å². The average molecular weight is 297 g/mol. The largest absolute Gasteiger partial charge is 0.305 e. The monoisotopic (exact) mass is 296 g/mol. The summed E-state index contributed by atoms with van der Waals surface area (Å²) in [6.07, 6.45) is 0.972. The van der Waals surface area contributed by atoms with E-state index in [-0.39, 0.29) is 0 Å². The second-order valence-electron chi connectivity index (χ2n) is 4.34. The summed E-state index contributed by atoms with van der Waals surface area (Å²) in [6.45, 7) is 3.98. The Bertz CT molecular complexity index is 568. The number of alkyl halides is 1. The number of nitrogens with zero attached hydrogens (tertiary/aromatic N) is 4. The zero-order valence-electron chi connectivity index (χ0n) is 11.4. The van der Waals surface area contributed by atoms with Crippen LogP contribution >= 0.6 is 23.4 Å². The molecule has 0 aliphatic heterocycles. The maximum Gasteiger partial charge on any atom is 0.191 e. The zero-order valence-corrected chi connectivity index (χ0v) is 12.9. The van der Waals surface area contributed by atoms with Crippen molar-refractivity contribution in [1.82, 2.24) is 19.7 Å². The van der Waals surface area contributed by atoms with Gasteiger partial charge in [-0.15, -0.1) is 21.8 Å². The lowest BCUT2D eigenvalue weighted by atomic mass is 10.2. The van der Waals surface area contributed by atoms with Gasteiger partial charge >= 0.3 is 0 Å². The van der Waals surface area contributed by atoms with Crippen LogP contribution in [0.15, 0.2) is 17.3 Å². The molecule has 0 aliphatic rings. The first-order valence-electron chi connectivity index (χ1n) is 6.16. The summed E-state index contributed by atoms with van der Waals surface area (Å²) in [5.41, 5.74) is 3.03. The van der Waals surface area contributed by atoms with Crippen molar-refractivity contribution in [1.29, 1.82) is 0 Å². The van der Waals surface area contributed by atoms with Crippen LogP contribution in [0.1, 0.15) is 17.8 Å². The molecule has 6 heteroatoms. The normalized spacial score (nSPS) is 10.9. The van der Waals surface area contributed by atoms with Crippen molar-refractivity contribution in [2.75, 3.05) is 11.6 Å². The molecular formula is C13H17ClN4S. The first-order chi connectivity index (χ1) is 9.13. The standard InChI is InChI=1S/C13H17ClN4S/c1-9-5-6-11(10(2)15-9)12-16-17-13(18(12)3)19-8-4-7-14/h5-6H,4,7-8H2,1-3H3. The van der Waals surface area contributed by atoms with Crippen LogP contribution in [-0.2, 0) is 7.05 Å². The predicted octanol–water partition coefficient (Wildman–Crippen LogP) is 3.21. The summed E-state index contributed by atoms with van der Waals surface area (Å²) in [4.78, 5) is 4.47. The van der Waals surface area contributed by atoms with Gasteiger partial charge in [-0.3, -0.25) is 4.98 Å². The van der Waals surface area contributed by atoms with E-state index in [2.05, 4.69) is 21.2 Å². The van der Waals surface area contributed by atoms with Crippen molar-refractivity contribution in [3.8, 4) is 11.4 Å². The molecule has 0 radical (unpaired) electrons. The summed E-state index contributed by atoms with van der Waals surface area (Å²) in [6, 6.07) is 4.05. The summed E-state index contributed by atoms with van der Waals surface area (Å²) < 4.78 is 2.01. The van der Waals surface area contributed by atoms with Crippen molar-refractivity contribution >= 4 is 23.4 Å². The van der Waals surface area contributed by atoms with Gasteiger partial charge < -0.3 is 4.57 Å². The predicted molar refractivity (Wildman–Crippen MR) is 79.8 cm³/mol. The Hall–Kier alpha value is -1.07. The molecule has 0 saturated carbocycles. The minimum Gasteiger partial charge on any atom is -0.305 e. The van der Waals surface area contributed by atoms with Gasteiger partial charge in [0.2, 0.25) is 0 Å². The van der Waals surface area contributed by atoms with Gasteiger partial charge in [0.25, 0.3) is 0 Å². The second-order valence-corrected chi connectivity index (χ2v) is 5.78. The van der Waals surface area contributed by atoms with Gasteiger partial charge in [-0.05, 0) is 32.4 Å². The highest BCUT2D eigenvalue weighted by Gasteiger charge is 2.13. The average Bonchev–Trinajstić information content (AvgIpc) is 2.72. The quantitative estimate of drug-likeness (QED) is 0.483. The number of halogens is 1. The molecule has 0 spiro atoms. The van der Waals surface area contributed by atoms with Crippen molar-refractivity contribution in [3.63, 3.8) is 0 Å². The fourth-order valence-corrected chi connectivity index (χ4v) is 2.96. The van der Waals surface area contributed by atoms with E-state index in [1.165, 1.54) is 0 Å². The topological polar surface area (TPSA) is 43.6 Å². The second kappa shape index (κ2) is 6.39. The number of thioether (sulfide) groups is 1. The molecule has 0 atom stereocenters. The van der Waals surface area contributed by atoms with E-state index in [4.69, 9.17) is 11.6 Å². The molecule has 2 rings (SSSR count). The molecule has 2 aromatic rings. The molecule has 0 bridgehead atoms. The van der Waals surface area contributed by atoms with Crippen LogP contribution in [0.4, 0.5) is 0 Å². The van der Waals surface area contributed by atoms with E-state index < -0.39 is 0 Å². The molecule has 2 heterocycles. The van der Waals surface area contributed by atoms with Crippen LogP contribution in [0.5, 0.6) is 0 Å². The number of hydrogen-bond donors (Lipinski definition) is 0. The molecule has 0 saturated heterocycles. The van der Waals surface area contributed by atoms with E-state index in [0.29, 0.717) is 5.88 Å². The molecule has 19 heavy (non-hydrogen) atoms. The lowest BCUT2D eigenvalue weighted by Gasteiger charge is -2.06. The lowest BCUT2D eigenvalue weighted by molar-refractivity contribution is 0.792. The van der Waals surface area contributed by atoms with Crippen molar-refractivity contribution in [3.05, 3.63) is 23.5 Å². The molecule has 0 fully saturated rings. The molecule has 0 aromatic carbocycles. The third-order valence-electron chi connectivity index (χ3n) is 2.81. The number of hydrogen-bond acceptors (Lipinski definition) is 4. The van der Waals surface area contributed by atoms with Crippen LogP contribution in [0.2, 0.25) is 0 Å². The third-order valence-corrected chi connectivity index (χ3v) is 4.18. The smallest absolute Gasteiger partial charge is 0.191 e. The molecular weight excluding hydrogens is 280 g/mol. The third kappa shape index (κ3) is 3.28. The maximum absolute atomic E-state index is 5.68. The van der Waals surface area contributed by atoms with Gasteiger partial charge in [-0.1, -0.05) is 11.8 Å². The molecule has 0 aliphatic carbocycles. The molecule has 102 valence electrons. The van der Waals surface area contributed by atoms with Gasteiger partial charge in [-0.2, -0.15) is 0 Å². The number of aromatic nitrogens is 4. The molecule has 0 amide bonds. The first-order valence-corrected chi connectivity index (χ1v) is 7.68. The van der Waals surface area contributed by atoms with Gasteiger partial charge in [0.15, 0.2) is 11.0 Å². The maximum atomic E-state index is 5.68. The summed E-state index contributed by atoms with van der Waals surface area (Å²) in [5, 5.41) is 9.42. The minimum absolute atomic E-state index is 0.679. The summed E-state index contributed by atoms with van der Waals surface area (Å²) in [7, 11) is 1.98. The fraction of sp³-hybridized carbons (Fsp3) is 0.462. The highest BCUT2D eigenvalue weighted by atomic mass is 35.5. The Morgan fingerprint density at radius 1 is 1.26 bits per heavy atom. The van der Waals surface area contributed by atoms with Crippen LogP contribution in [0.25, 0.3) is 11.4 Å². The van der Waals surface area contributed by atoms with E-state index in [9.17, 15) is 0 Å². The fourth-order valence-electron chi connectivity index (χ4n) is 1.82. The van der Waals surface area contributed by atoms with Crippen LogP contribution < -0.4 is 0 Å². The highest BCUT2D eigenvalue weighted by Crippen LogP contribution is 2.24.